The number of fused-ring (bicyclic) bond motifs is 1. The van der Waals surface area contributed by atoms with E-state index in [0.29, 0.717) is 23.5 Å². The van der Waals surface area contributed by atoms with E-state index in [9.17, 15) is 4.79 Å². The molecule has 0 N–H and O–H groups in total. The minimum absolute atomic E-state index is 0.231. The zero-order valence-corrected chi connectivity index (χ0v) is 16.3. The van der Waals surface area contributed by atoms with Crippen LogP contribution in [-0.2, 0) is 11.3 Å². The Morgan fingerprint density at radius 2 is 1.92 bits per heavy atom. The Morgan fingerprint density at radius 1 is 1.19 bits per heavy atom. The van der Waals surface area contributed by atoms with Crippen molar-refractivity contribution in [2.24, 2.45) is 4.99 Å². The molecule has 26 heavy (non-hydrogen) atoms. The number of aromatic nitrogens is 1. The highest BCUT2D eigenvalue weighted by Gasteiger charge is 2.11. The fourth-order valence-electron chi connectivity index (χ4n) is 2.84. The molecule has 0 aliphatic rings. The van der Waals surface area contributed by atoms with Crippen molar-refractivity contribution < 1.29 is 9.53 Å². The number of hydrogen-bond donors (Lipinski definition) is 0. The monoisotopic (exact) mass is 369 g/mol. The molecule has 0 radical (unpaired) electrons. The molecule has 0 aliphatic carbocycles. The molecule has 3 aromatic rings. The van der Waals surface area contributed by atoms with Gasteiger partial charge in [-0.05, 0) is 42.8 Å². The van der Waals surface area contributed by atoms with Crippen LogP contribution in [0.4, 0.5) is 5.69 Å². The van der Waals surface area contributed by atoms with E-state index in [1.807, 2.05) is 49.3 Å². The number of amides is 1. The van der Waals surface area contributed by atoms with Crippen molar-refractivity contribution in [1.82, 2.24) is 4.57 Å². The van der Waals surface area contributed by atoms with Crippen LogP contribution in [0.2, 0.25) is 0 Å². The Labute approximate surface area is 157 Å². The van der Waals surface area contributed by atoms with Crippen LogP contribution in [0.25, 0.3) is 10.2 Å². The molecule has 0 spiro atoms. The molecule has 3 rings (SSSR count). The lowest BCUT2D eigenvalue weighted by Crippen LogP contribution is -2.19. The van der Waals surface area contributed by atoms with Gasteiger partial charge in [-0.2, -0.15) is 4.99 Å². The van der Waals surface area contributed by atoms with E-state index < -0.39 is 0 Å². The molecule has 1 amide bonds. The molecule has 0 bridgehead atoms. The van der Waals surface area contributed by atoms with E-state index in [2.05, 4.69) is 28.6 Å². The molecule has 5 nitrogen and oxygen atoms in total. The number of para-hydroxylation sites is 1. The second-order valence-electron chi connectivity index (χ2n) is 6.31. The molecule has 1 heterocycles. The molecule has 0 aliphatic heterocycles. The third kappa shape index (κ3) is 3.71. The van der Waals surface area contributed by atoms with E-state index in [0.717, 1.165) is 15.9 Å². The molecular formula is C20H23N3O2S. The normalized spacial score (nSPS) is 11.9. The maximum Gasteiger partial charge on any atom is 0.279 e. The van der Waals surface area contributed by atoms with Crippen molar-refractivity contribution in [2.45, 2.75) is 13.5 Å². The maximum atomic E-state index is 12.7. The first-order valence-corrected chi connectivity index (χ1v) is 9.27. The van der Waals surface area contributed by atoms with Gasteiger partial charge >= 0.3 is 0 Å². The quantitative estimate of drug-likeness (QED) is 0.692. The second kappa shape index (κ2) is 7.85. The van der Waals surface area contributed by atoms with Gasteiger partial charge in [0.05, 0.1) is 16.8 Å². The summed E-state index contributed by atoms with van der Waals surface area (Å²) >= 11 is 1.53. The van der Waals surface area contributed by atoms with Gasteiger partial charge in [0.25, 0.3) is 5.91 Å². The molecular weight excluding hydrogens is 346 g/mol. The number of carbonyl (C=O) groups excluding carboxylic acids is 1. The third-order valence-electron chi connectivity index (χ3n) is 4.25. The summed E-state index contributed by atoms with van der Waals surface area (Å²) in [6.45, 7) is 3.30. The van der Waals surface area contributed by atoms with Crippen LogP contribution in [0.5, 0.6) is 0 Å². The average Bonchev–Trinajstić information content (AvgIpc) is 2.98. The Bertz CT molecular complexity index is 984. The number of aryl methyl sites for hydroxylation is 1. The maximum absolute atomic E-state index is 12.7. The Hall–Kier alpha value is -2.44. The van der Waals surface area contributed by atoms with Gasteiger partial charge in [-0.25, -0.2) is 0 Å². The smallest absolute Gasteiger partial charge is 0.279 e. The number of anilines is 1. The number of thiazole rings is 1. The van der Waals surface area contributed by atoms with Gasteiger partial charge in [0.1, 0.15) is 0 Å². The summed E-state index contributed by atoms with van der Waals surface area (Å²) in [4.78, 5) is 19.8. The molecule has 0 unspecified atom stereocenters. The van der Waals surface area contributed by atoms with E-state index in [1.165, 1.54) is 16.9 Å². The SMILES string of the molecule is COCCn1c(=NC(=O)c2ccc(N(C)C)cc2)sc2cccc(C)c21. The van der Waals surface area contributed by atoms with Crippen LogP contribution in [0.15, 0.2) is 47.5 Å². The van der Waals surface area contributed by atoms with E-state index in [4.69, 9.17) is 4.74 Å². The Kier molecular flexibility index (Phi) is 5.54. The molecule has 0 fully saturated rings. The van der Waals surface area contributed by atoms with Crippen molar-refractivity contribution in [3.05, 3.63) is 58.4 Å². The zero-order chi connectivity index (χ0) is 18.7. The van der Waals surface area contributed by atoms with Crippen LogP contribution in [0, 0.1) is 6.92 Å². The number of rotatable bonds is 5. The van der Waals surface area contributed by atoms with Crippen LogP contribution >= 0.6 is 11.3 Å². The lowest BCUT2D eigenvalue weighted by atomic mass is 10.2. The number of methoxy groups -OCH3 is 1. The summed E-state index contributed by atoms with van der Waals surface area (Å²) in [6, 6.07) is 13.7. The highest BCUT2D eigenvalue weighted by molar-refractivity contribution is 7.16. The van der Waals surface area contributed by atoms with Crippen LogP contribution in [0.1, 0.15) is 15.9 Å². The Morgan fingerprint density at radius 3 is 2.58 bits per heavy atom. The summed E-state index contributed by atoms with van der Waals surface area (Å²) in [7, 11) is 5.62. The topological polar surface area (TPSA) is 46.8 Å². The standard InChI is InChI=1S/C20H23N3O2S/c1-14-6-5-7-17-18(14)23(12-13-25-4)20(26-17)21-19(24)15-8-10-16(11-9-15)22(2)3/h5-11H,12-13H2,1-4H3. The average molecular weight is 369 g/mol. The predicted molar refractivity (Wildman–Crippen MR) is 107 cm³/mol. The first-order valence-electron chi connectivity index (χ1n) is 8.45. The summed E-state index contributed by atoms with van der Waals surface area (Å²) < 4.78 is 8.43. The van der Waals surface area contributed by atoms with Gasteiger partial charge in [-0.3, -0.25) is 4.79 Å². The highest BCUT2D eigenvalue weighted by Crippen LogP contribution is 2.21. The van der Waals surface area contributed by atoms with Crippen LogP contribution < -0.4 is 9.70 Å². The second-order valence-corrected chi connectivity index (χ2v) is 7.32. The first-order chi connectivity index (χ1) is 12.5. The predicted octanol–water partition coefficient (Wildman–Crippen LogP) is 3.46. The lowest BCUT2D eigenvalue weighted by molar-refractivity contribution is 0.0997. The summed E-state index contributed by atoms with van der Waals surface area (Å²) in [5.41, 5.74) is 3.92. The summed E-state index contributed by atoms with van der Waals surface area (Å²) in [6.07, 6.45) is 0. The minimum atomic E-state index is -0.231. The molecule has 1 aromatic heterocycles. The largest absolute Gasteiger partial charge is 0.383 e. The van der Waals surface area contributed by atoms with Gasteiger partial charge in [0.2, 0.25) is 0 Å². The van der Waals surface area contributed by atoms with Crippen LogP contribution in [-0.4, -0.2) is 38.3 Å². The van der Waals surface area contributed by atoms with E-state index in [-0.39, 0.29) is 5.91 Å². The van der Waals surface area contributed by atoms with Crippen molar-refractivity contribution in [3.8, 4) is 0 Å². The van der Waals surface area contributed by atoms with Crippen LogP contribution in [0.3, 0.4) is 0 Å². The van der Waals surface area contributed by atoms with Gasteiger partial charge < -0.3 is 14.2 Å². The fraction of sp³-hybridized carbons (Fsp3) is 0.300. The molecule has 6 heteroatoms. The highest BCUT2D eigenvalue weighted by atomic mass is 32.1. The molecule has 0 saturated carbocycles. The first kappa shape index (κ1) is 18.4. The number of ether oxygens (including phenoxy) is 1. The van der Waals surface area contributed by atoms with E-state index >= 15 is 0 Å². The fourth-order valence-corrected chi connectivity index (χ4v) is 3.97. The third-order valence-corrected chi connectivity index (χ3v) is 5.29. The van der Waals surface area contributed by atoms with Crippen molar-refractivity contribution in [3.63, 3.8) is 0 Å². The summed E-state index contributed by atoms with van der Waals surface area (Å²) in [5, 5.41) is 0. The molecule has 136 valence electrons. The molecule has 0 saturated heterocycles. The number of benzene rings is 2. The van der Waals surface area contributed by atoms with Crippen molar-refractivity contribution in [2.75, 3.05) is 32.7 Å². The molecule has 2 aromatic carbocycles. The zero-order valence-electron chi connectivity index (χ0n) is 15.5. The van der Waals surface area contributed by atoms with Gasteiger partial charge in [0, 0.05) is 39.0 Å². The van der Waals surface area contributed by atoms with E-state index in [1.54, 1.807) is 7.11 Å². The van der Waals surface area contributed by atoms with Gasteiger partial charge in [-0.1, -0.05) is 23.5 Å². The van der Waals surface area contributed by atoms with Crippen molar-refractivity contribution >= 4 is 33.1 Å². The lowest BCUT2D eigenvalue weighted by Gasteiger charge is -2.11. The molecule has 0 atom stereocenters. The van der Waals surface area contributed by atoms with Gasteiger partial charge in [-0.15, -0.1) is 0 Å². The van der Waals surface area contributed by atoms with Gasteiger partial charge in [0.15, 0.2) is 4.80 Å². The summed E-state index contributed by atoms with van der Waals surface area (Å²) in [5.74, 6) is -0.231. The Balaban J connectivity index is 2.05. The number of hydrogen-bond acceptors (Lipinski definition) is 4. The van der Waals surface area contributed by atoms with Crippen molar-refractivity contribution in [1.29, 1.82) is 0 Å². The minimum Gasteiger partial charge on any atom is -0.383 e. The number of nitrogens with zero attached hydrogens (tertiary/aromatic N) is 3. The number of carbonyl (C=O) groups is 1.